The molecule has 0 saturated heterocycles. The molecule has 3 heterocycles. The van der Waals surface area contributed by atoms with E-state index in [4.69, 9.17) is 4.42 Å². The number of fused-ring (bicyclic) bond motifs is 1. The summed E-state index contributed by atoms with van der Waals surface area (Å²) in [5.41, 5.74) is 0.636. The van der Waals surface area contributed by atoms with Crippen molar-refractivity contribution in [2.75, 3.05) is 26.7 Å². The molecule has 0 aliphatic heterocycles. The van der Waals surface area contributed by atoms with Crippen LogP contribution in [-0.2, 0) is 25.0 Å². The number of aromatic amines is 1. The molecule has 5 N–H and O–H groups in total. The minimum Gasteiger partial charge on any atom is -0.506 e. The summed E-state index contributed by atoms with van der Waals surface area (Å²) in [6.07, 6.45) is 7.91. The lowest BCUT2D eigenvalue weighted by molar-refractivity contribution is -0.0239. The van der Waals surface area contributed by atoms with Crippen molar-refractivity contribution in [1.29, 1.82) is 0 Å². The number of rotatable bonds is 14. The van der Waals surface area contributed by atoms with Crippen LogP contribution in [0.1, 0.15) is 70.7 Å². The van der Waals surface area contributed by atoms with Gasteiger partial charge in [-0.25, -0.2) is 4.98 Å². The molecule has 0 amide bonds. The molecule has 2 unspecified atom stereocenters. The number of aliphatic hydroxyl groups is 2. The van der Waals surface area contributed by atoms with Crippen LogP contribution in [-0.4, -0.2) is 56.9 Å². The highest BCUT2D eigenvalue weighted by molar-refractivity contribution is 7.16. The topological polar surface area (TPSA) is 135 Å². The van der Waals surface area contributed by atoms with Gasteiger partial charge in [-0.1, -0.05) is 67.0 Å². The molecular formula is C35H42N4O5S2. The van der Waals surface area contributed by atoms with E-state index in [1.54, 1.807) is 23.6 Å². The number of hydrogen-bond acceptors (Lipinski definition) is 10. The van der Waals surface area contributed by atoms with Gasteiger partial charge in [0, 0.05) is 53.8 Å². The van der Waals surface area contributed by atoms with Gasteiger partial charge in [0.15, 0.2) is 5.60 Å². The number of aliphatic hydroxyl groups excluding tert-OH is 1. The van der Waals surface area contributed by atoms with E-state index < -0.39 is 11.7 Å². The summed E-state index contributed by atoms with van der Waals surface area (Å²) < 4.78 is 6.84. The highest BCUT2D eigenvalue weighted by Gasteiger charge is 2.44. The van der Waals surface area contributed by atoms with E-state index in [-0.39, 0.29) is 16.5 Å². The number of nitrogens with zero attached hydrogens (tertiary/aromatic N) is 2. The van der Waals surface area contributed by atoms with Crippen molar-refractivity contribution < 1.29 is 19.7 Å². The number of benzene rings is 2. The number of nitrogens with one attached hydrogen (secondary N) is 2. The normalized spacial score (nSPS) is 16.3. The van der Waals surface area contributed by atoms with Gasteiger partial charge in [-0.2, -0.15) is 0 Å². The Morgan fingerprint density at radius 2 is 1.85 bits per heavy atom. The number of thiophene rings is 1. The molecule has 46 heavy (non-hydrogen) atoms. The number of thiazole rings is 1. The maximum atomic E-state index is 12.1. The average Bonchev–Trinajstić information content (AvgIpc) is 3.83. The first-order chi connectivity index (χ1) is 22.3. The van der Waals surface area contributed by atoms with E-state index in [0.29, 0.717) is 41.2 Å². The van der Waals surface area contributed by atoms with Gasteiger partial charge in [-0.15, -0.1) is 11.3 Å². The van der Waals surface area contributed by atoms with Crippen molar-refractivity contribution in [3.8, 4) is 5.75 Å². The summed E-state index contributed by atoms with van der Waals surface area (Å²) in [7, 11) is 2.10. The molecule has 1 aliphatic carbocycles. The fourth-order valence-electron chi connectivity index (χ4n) is 6.50. The predicted molar refractivity (Wildman–Crippen MR) is 183 cm³/mol. The van der Waals surface area contributed by atoms with Gasteiger partial charge < -0.3 is 34.9 Å². The Morgan fingerprint density at radius 1 is 1.07 bits per heavy atom. The lowest BCUT2D eigenvalue weighted by Gasteiger charge is -2.36. The molecule has 5 aromatic rings. The molecule has 6 rings (SSSR count). The first-order valence-corrected chi connectivity index (χ1v) is 17.7. The van der Waals surface area contributed by atoms with E-state index in [0.717, 1.165) is 67.9 Å². The first-order valence-electron chi connectivity index (χ1n) is 16.0. The number of H-pyrrole nitrogens is 1. The summed E-state index contributed by atoms with van der Waals surface area (Å²) >= 11 is 2.78. The lowest BCUT2D eigenvalue weighted by Crippen LogP contribution is -2.38. The summed E-state index contributed by atoms with van der Waals surface area (Å²) in [4.78, 5) is 23.6. The fraction of sp³-hybridized carbons (Fsp3) is 0.429. The molecule has 0 bridgehead atoms. The highest BCUT2D eigenvalue weighted by atomic mass is 32.1. The first kappa shape index (κ1) is 32.6. The zero-order chi connectivity index (χ0) is 32.1. The van der Waals surface area contributed by atoms with E-state index in [1.807, 2.05) is 30.3 Å². The third kappa shape index (κ3) is 7.30. The van der Waals surface area contributed by atoms with Crippen LogP contribution in [0.25, 0.3) is 10.2 Å². The number of aromatic hydroxyl groups is 1. The largest absolute Gasteiger partial charge is 0.506 e. The predicted octanol–water partition coefficient (Wildman–Crippen LogP) is 5.70. The molecule has 2 aromatic carbocycles. The van der Waals surface area contributed by atoms with Crippen LogP contribution in [0, 0.1) is 5.92 Å². The van der Waals surface area contributed by atoms with Crippen molar-refractivity contribution in [3.63, 3.8) is 0 Å². The summed E-state index contributed by atoms with van der Waals surface area (Å²) in [5, 5.41) is 36.1. The molecule has 9 nitrogen and oxygen atoms in total. The van der Waals surface area contributed by atoms with Gasteiger partial charge in [0.2, 0.25) is 5.89 Å². The third-order valence-corrected chi connectivity index (χ3v) is 11.1. The van der Waals surface area contributed by atoms with Crippen molar-refractivity contribution in [2.24, 2.45) is 5.92 Å². The Kier molecular flexibility index (Phi) is 10.4. The van der Waals surface area contributed by atoms with Crippen LogP contribution >= 0.6 is 22.7 Å². The number of oxazole rings is 1. The van der Waals surface area contributed by atoms with Crippen LogP contribution in [0.4, 0.5) is 0 Å². The van der Waals surface area contributed by atoms with Crippen molar-refractivity contribution in [1.82, 2.24) is 20.2 Å². The quantitative estimate of drug-likeness (QED) is 0.0957. The van der Waals surface area contributed by atoms with E-state index in [2.05, 4.69) is 39.4 Å². The zero-order valence-corrected chi connectivity index (χ0v) is 27.7. The van der Waals surface area contributed by atoms with Gasteiger partial charge in [0.25, 0.3) is 0 Å². The SMILES string of the molecule is CN(CCc1cnc(C(O)(c2ccccc2)C2CCCCC2)o1)Cc1ccc(CCNCC(O)c2ccc(O)c3[nH]c(=O)sc23)s1. The molecule has 1 aliphatic rings. The maximum absolute atomic E-state index is 12.1. The van der Waals surface area contributed by atoms with Crippen LogP contribution < -0.4 is 10.2 Å². The second kappa shape index (κ2) is 14.6. The van der Waals surface area contributed by atoms with Gasteiger partial charge in [-0.05, 0) is 50.1 Å². The molecule has 0 spiro atoms. The lowest BCUT2D eigenvalue weighted by atomic mass is 9.73. The zero-order valence-electron chi connectivity index (χ0n) is 26.1. The minimum absolute atomic E-state index is 0.00460. The Morgan fingerprint density at radius 3 is 2.65 bits per heavy atom. The standard InChI is InChI=1S/C35H42N4O5S2/c1-39(19-17-25-20-37-33(44-25)35(43,23-8-4-2-5-9-23)24-10-6-3-7-11-24)22-27-13-12-26(45-27)16-18-36-21-30(41)28-14-15-29(40)31-32(28)46-34(42)38-31/h2,4-5,8-9,12-15,20,24,30,36,40-41,43H,3,6-7,10-11,16-19,21-22H2,1H3,(H,38,42). The monoisotopic (exact) mass is 662 g/mol. The van der Waals surface area contributed by atoms with Crippen molar-refractivity contribution >= 4 is 32.9 Å². The summed E-state index contributed by atoms with van der Waals surface area (Å²) in [6, 6.07) is 17.3. The minimum atomic E-state index is -1.21. The Balaban J connectivity index is 0.976. The molecule has 2 atom stereocenters. The summed E-state index contributed by atoms with van der Waals surface area (Å²) in [5.74, 6) is 1.29. The highest BCUT2D eigenvalue weighted by Crippen LogP contribution is 2.43. The molecular weight excluding hydrogens is 621 g/mol. The summed E-state index contributed by atoms with van der Waals surface area (Å²) in [6.45, 7) is 2.68. The molecule has 244 valence electrons. The van der Waals surface area contributed by atoms with Crippen molar-refractivity contribution in [2.45, 2.75) is 63.2 Å². The van der Waals surface area contributed by atoms with Crippen LogP contribution in [0.3, 0.4) is 0 Å². The van der Waals surface area contributed by atoms with E-state index in [1.165, 1.54) is 22.2 Å². The Hall–Kier alpha value is -3.32. The van der Waals surface area contributed by atoms with Gasteiger partial charge in [-0.3, -0.25) is 4.79 Å². The molecule has 3 aromatic heterocycles. The van der Waals surface area contributed by atoms with Gasteiger partial charge in [0.05, 0.1) is 17.0 Å². The van der Waals surface area contributed by atoms with Crippen LogP contribution in [0.2, 0.25) is 0 Å². The molecule has 1 saturated carbocycles. The number of hydrogen-bond donors (Lipinski definition) is 5. The van der Waals surface area contributed by atoms with E-state index in [9.17, 15) is 20.1 Å². The Labute approximate surface area is 276 Å². The average molecular weight is 663 g/mol. The molecule has 1 fully saturated rings. The third-order valence-electron chi connectivity index (χ3n) is 9.01. The fourth-order valence-corrected chi connectivity index (χ4v) is 8.51. The molecule has 11 heteroatoms. The number of phenols is 1. The van der Waals surface area contributed by atoms with E-state index >= 15 is 0 Å². The van der Waals surface area contributed by atoms with Gasteiger partial charge >= 0.3 is 4.87 Å². The number of likely N-dealkylation sites (N-methyl/N-ethyl adjacent to an activating group) is 1. The van der Waals surface area contributed by atoms with Crippen LogP contribution in [0.5, 0.6) is 5.75 Å². The smallest absolute Gasteiger partial charge is 0.305 e. The second-order valence-corrected chi connectivity index (χ2v) is 14.6. The van der Waals surface area contributed by atoms with Gasteiger partial charge in [0.1, 0.15) is 17.0 Å². The molecule has 0 radical (unpaired) electrons. The Bertz CT molecular complexity index is 1770. The number of aromatic nitrogens is 2. The second-order valence-electron chi connectivity index (χ2n) is 12.3. The maximum Gasteiger partial charge on any atom is 0.305 e. The van der Waals surface area contributed by atoms with Crippen molar-refractivity contribution in [3.05, 3.63) is 103 Å². The number of phenolic OH excluding ortho intramolecular Hbond substituents is 1. The van der Waals surface area contributed by atoms with Crippen LogP contribution in [0.15, 0.2) is 70.0 Å².